The van der Waals surface area contributed by atoms with E-state index in [1.54, 1.807) is 12.1 Å². The van der Waals surface area contributed by atoms with Crippen LogP contribution in [-0.2, 0) is 20.8 Å². The Morgan fingerprint density at radius 1 is 0.829 bits per heavy atom. The molecule has 7 nitrogen and oxygen atoms in total. The van der Waals surface area contributed by atoms with Gasteiger partial charge in [-0.05, 0) is 23.3 Å². The van der Waals surface area contributed by atoms with Gasteiger partial charge in [-0.1, -0.05) is 36.4 Å². The van der Waals surface area contributed by atoms with Gasteiger partial charge in [0.2, 0.25) is 5.82 Å². The average molecular weight is 579 g/mol. The Hall–Kier alpha value is -3.42. The Morgan fingerprint density at radius 2 is 1.41 bits per heavy atom. The van der Waals surface area contributed by atoms with Crippen LogP contribution in [0.1, 0.15) is 45.9 Å². The molecule has 0 bridgehead atoms. The number of nitrogens with one attached hydrogen (secondary N) is 1. The lowest BCUT2D eigenvalue weighted by molar-refractivity contribution is -0.253. The van der Waals surface area contributed by atoms with E-state index in [4.69, 9.17) is 14.2 Å². The highest BCUT2D eigenvalue weighted by atomic mass is 19.2. The molecular formula is C29H27F5N2O5. The summed E-state index contributed by atoms with van der Waals surface area (Å²) >= 11 is 0. The zero-order chi connectivity index (χ0) is 29.1. The van der Waals surface area contributed by atoms with Gasteiger partial charge in [-0.15, -0.1) is 0 Å². The molecule has 2 heterocycles. The van der Waals surface area contributed by atoms with Crippen LogP contribution >= 0.6 is 0 Å². The van der Waals surface area contributed by atoms with Crippen LogP contribution in [0.25, 0.3) is 0 Å². The molecule has 0 saturated carbocycles. The molecule has 3 aromatic rings. The number of carbonyl (C=O) groups excluding carboxylic acids is 1. The third kappa shape index (κ3) is 6.41. The molecule has 5 rings (SSSR count). The normalized spacial score (nSPS) is 21.6. The Kier molecular flexibility index (Phi) is 8.95. The number of aliphatic hydroxyl groups excluding tert-OH is 1. The maximum atomic E-state index is 14.0. The zero-order valence-corrected chi connectivity index (χ0v) is 21.7. The summed E-state index contributed by atoms with van der Waals surface area (Å²) in [6.07, 6.45) is -0.719. The quantitative estimate of drug-likeness (QED) is 0.233. The number of hydrogen-bond donors (Lipinski definition) is 2. The fourth-order valence-corrected chi connectivity index (χ4v) is 4.83. The van der Waals surface area contributed by atoms with Crippen LogP contribution < -0.4 is 5.32 Å². The zero-order valence-electron chi connectivity index (χ0n) is 21.7. The van der Waals surface area contributed by atoms with Crippen molar-refractivity contribution in [2.75, 3.05) is 38.2 Å². The van der Waals surface area contributed by atoms with Crippen molar-refractivity contribution in [2.24, 2.45) is 0 Å². The molecule has 2 fully saturated rings. The topological polar surface area (TPSA) is 80.3 Å². The standard InChI is InChI=1S/C29H27F5N2O5/c30-23-22(24(31)26(33)27(34)25(23)32)28(38)35-19-7-5-18(6-8-19)29-40-20(14-36-9-11-39-12-10-36)13-21(41-29)17-3-1-16(15-37)2-4-17/h1-8,20-21,29,37H,9-15H2,(H,35,38)/t20-,21+,29+/m1/s1. The van der Waals surface area contributed by atoms with Gasteiger partial charge in [0.1, 0.15) is 5.56 Å². The predicted octanol–water partition coefficient (Wildman–Crippen LogP) is 5.00. The first-order chi connectivity index (χ1) is 19.7. The number of aliphatic hydroxyl groups is 1. The van der Waals surface area contributed by atoms with E-state index in [0.717, 1.165) is 24.2 Å². The molecule has 218 valence electrons. The highest BCUT2D eigenvalue weighted by Gasteiger charge is 2.34. The van der Waals surface area contributed by atoms with E-state index in [2.05, 4.69) is 10.2 Å². The van der Waals surface area contributed by atoms with Gasteiger partial charge < -0.3 is 24.6 Å². The number of hydrogen-bond acceptors (Lipinski definition) is 6. The lowest BCUT2D eigenvalue weighted by Crippen LogP contribution is -2.44. The Balaban J connectivity index is 1.33. The number of ether oxygens (including phenoxy) is 3. The first-order valence-corrected chi connectivity index (χ1v) is 13.0. The Labute approximate surface area is 232 Å². The van der Waals surface area contributed by atoms with Gasteiger partial charge in [-0.2, -0.15) is 0 Å². The van der Waals surface area contributed by atoms with Gasteiger partial charge in [0.25, 0.3) is 5.91 Å². The average Bonchev–Trinajstić information content (AvgIpc) is 3.00. The number of amides is 1. The summed E-state index contributed by atoms with van der Waals surface area (Å²) in [6, 6.07) is 13.4. The van der Waals surface area contributed by atoms with Crippen molar-refractivity contribution in [3.63, 3.8) is 0 Å². The maximum absolute atomic E-state index is 14.0. The first-order valence-electron chi connectivity index (χ1n) is 13.0. The monoisotopic (exact) mass is 578 g/mol. The fraction of sp³-hybridized carbons (Fsp3) is 0.345. The van der Waals surface area contributed by atoms with Crippen LogP contribution in [0.15, 0.2) is 48.5 Å². The number of nitrogens with zero attached hydrogens (tertiary/aromatic N) is 1. The summed E-state index contributed by atoms with van der Waals surface area (Å²) in [5.74, 6) is -12.7. The van der Waals surface area contributed by atoms with Crippen molar-refractivity contribution in [1.82, 2.24) is 4.90 Å². The molecule has 0 aromatic heterocycles. The van der Waals surface area contributed by atoms with Crippen LogP contribution in [0.5, 0.6) is 0 Å². The third-order valence-electron chi connectivity index (χ3n) is 7.06. The molecule has 2 saturated heterocycles. The SMILES string of the molecule is O=C(Nc1ccc([C@H]2O[C@@H](CN3CCOCC3)C[C@@H](c3ccc(CO)cc3)O2)cc1)c1c(F)c(F)c(F)c(F)c1F. The van der Waals surface area contributed by atoms with Crippen molar-refractivity contribution in [1.29, 1.82) is 0 Å². The molecule has 2 N–H and O–H groups in total. The predicted molar refractivity (Wildman–Crippen MR) is 136 cm³/mol. The largest absolute Gasteiger partial charge is 0.392 e. The molecule has 12 heteroatoms. The van der Waals surface area contributed by atoms with E-state index in [-0.39, 0.29) is 24.5 Å². The molecule has 0 aliphatic carbocycles. The van der Waals surface area contributed by atoms with Crippen LogP contribution in [0.2, 0.25) is 0 Å². The lowest BCUT2D eigenvalue weighted by atomic mass is 9.99. The molecule has 41 heavy (non-hydrogen) atoms. The third-order valence-corrected chi connectivity index (χ3v) is 7.06. The molecule has 2 aliphatic heterocycles. The molecule has 0 spiro atoms. The van der Waals surface area contributed by atoms with Gasteiger partial charge in [0, 0.05) is 37.3 Å². The lowest BCUT2D eigenvalue weighted by Gasteiger charge is -2.39. The van der Waals surface area contributed by atoms with Gasteiger partial charge in [-0.3, -0.25) is 9.69 Å². The highest BCUT2D eigenvalue weighted by molar-refractivity contribution is 6.04. The number of halogens is 5. The second kappa shape index (κ2) is 12.6. The van der Waals surface area contributed by atoms with E-state index in [1.807, 2.05) is 24.3 Å². The van der Waals surface area contributed by atoms with E-state index in [1.165, 1.54) is 12.1 Å². The van der Waals surface area contributed by atoms with Gasteiger partial charge >= 0.3 is 0 Å². The molecule has 1 amide bonds. The summed E-state index contributed by atoms with van der Waals surface area (Å²) in [7, 11) is 0. The van der Waals surface area contributed by atoms with E-state index in [9.17, 15) is 31.9 Å². The smallest absolute Gasteiger partial charge is 0.261 e. The minimum Gasteiger partial charge on any atom is -0.392 e. The van der Waals surface area contributed by atoms with E-state index >= 15 is 0 Å². The number of benzene rings is 3. The second-order valence-electron chi connectivity index (χ2n) is 9.78. The van der Waals surface area contributed by atoms with Crippen LogP contribution in [0.4, 0.5) is 27.6 Å². The molecule has 3 atom stereocenters. The molecule has 3 aromatic carbocycles. The molecule has 0 unspecified atom stereocenters. The van der Waals surface area contributed by atoms with Crippen molar-refractivity contribution in [3.05, 3.63) is 99.9 Å². The van der Waals surface area contributed by atoms with E-state index in [0.29, 0.717) is 31.7 Å². The van der Waals surface area contributed by atoms with Crippen LogP contribution in [0, 0.1) is 29.1 Å². The highest BCUT2D eigenvalue weighted by Crippen LogP contribution is 2.38. The number of morpholine rings is 1. The number of rotatable bonds is 7. The summed E-state index contributed by atoms with van der Waals surface area (Å²) in [4.78, 5) is 14.7. The maximum Gasteiger partial charge on any atom is 0.261 e. The minimum atomic E-state index is -2.34. The summed E-state index contributed by atoms with van der Waals surface area (Å²) < 4.78 is 86.5. The van der Waals surface area contributed by atoms with Crippen LogP contribution in [0.3, 0.4) is 0 Å². The summed E-state index contributed by atoms with van der Waals surface area (Å²) in [5.41, 5.74) is 0.743. The van der Waals surface area contributed by atoms with Crippen molar-refractivity contribution in [2.45, 2.75) is 31.5 Å². The Morgan fingerprint density at radius 3 is 2.02 bits per heavy atom. The number of anilines is 1. The Bertz CT molecular complexity index is 1350. The molecule has 0 radical (unpaired) electrons. The number of carbonyl (C=O) groups is 1. The molecular weight excluding hydrogens is 551 g/mol. The van der Waals surface area contributed by atoms with Crippen molar-refractivity contribution < 1.29 is 46.1 Å². The van der Waals surface area contributed by atoms with Gasteiger partial charge in [-0.25, -0.2) is 22.0 Å². The van der Waals surface area contributed by atoms with Crippen molar-refractivity contribution in [3.8, 4) is 0 Å². The van der Waals surface area contributed by atoms with Gasteiger partial charge in [0.05, 0.1) is 32.0 Å². The van der Waals surface area contributed by atoms with Crippen LogP contribution in [-0.4, -0.2) is 54.9 Å². The first kappa shape index (κ1) is 29.1. The second-order valence-corrected chi connectivity index (χ2v) is 9.78. The van der Waals surface area contributed by atoms with Crippen molar-refractivity contribution >= 4 is 11.6 Å². The molecule has 2 aliphatic rings. The minimum absolute atomic E-state index is 0.0551. The van der Waals surface area contributed by atoms with E-state index < -0.39 is 46.8 Å². The summed E-state index contributed by atoms with van der Waals surface area (Å²) in [5, 5.41) is 11.5. The fourth-order valence-electron chi connectivity index (χ4n) is 4.83. The van der Waals surface area contributed by atoms with Gasteiger partial charge in [0.15, 0.2) is 29.6 Å². The summed E-state index contributed by atoms with van der Waals surface area (Å²) in [6.45, 7) is 3.40.